The Labute approximate surface area is 115 Å². The Morgan fingerprint density at radius 3 is 2.89 bits per heavy atom. The summed E-state index contributed by atoms with van der Waals surface area (Å²) < 4.78 is 6.15. The van der Waals surface area contributed by atoms with Crippen LogP contribution in [0.2, 0.25) is 0 Å². The molecule has 0 aliphatic carbocycles. The highest BCUT2D eigenvalue weighted by Crippen LogP contribution is 2.24. The lowest BCUT2D eigenvalue weighted by Gasteiger charge is -2.09. The summed E-state index contributed by atoms with van der Waals surface area (Å²) in [5, 5.41) is 14.6. The fourth-order valence-corrected chi connectivity index (χ4v) is 1.97. The quantitative estimate of drug-likeness (QED) is 0.238. The second-order valence-electron chi connectivity index (χ2n) is 3.85. The molecule has 0 radical (unpaired) electrons. The zero-order chi connectivity index (χ0) is 13.4. The topological polar surface area (TPSA) is 79.9 Å². The first-order valence-corrected chi connectivity index (χ1v) is 6.50. The van der Waals surface area contributed by atoms with E-state index in [-0.39, 0.29) is 5.84 Å². The third-order valence-electron chi connectivity index (χ3n) is 2.42. The van der Waals surface area contributed by atoms with Gasteiger partial charge in [-0.05, 0) is 25.0 Å². The number of oxime groups is 1. The van der Waals surface area contributed by atoms with Crippen LogP contribution in [0, 0.1) is 0 Å². The van der Waals surface area contributed by atoms with Crippen LogP contribution < -0.4 is 15.8 Å². The van der Waals surface area contributed by atoms with Crippen molar-refractivity contribution in [3.05, 3.63) is 22.7 Å². The van der Waals surface area contributed by atoms with Crippen molar-refractivity contribution in [1.82, 2.24) is 0 Å². The van der Waals surface area contributed by atoms with Crippen molar-refractivity contribution in [3.63, 3.8) is 0 Å². The number of rotatable bonds is 7. The number of hydrogen-bond acceptors (Lipinski definition) is 4. The molecule has 0 saturated carbocycles. The molecule has 0 atom stereocenters. The molecule has 0 unspecified atom stereocenters. The molecular formula is C12H18BrN3O2. The third-order valence-corrected chi connectivity index (χ3v) is 2.88. The summed E-state index contributed by atoms with van der Waals surface area (Å²) in [4.78, 5) is 0. The van der Waals surface area contributed by atoms with Gasteiger partial charge in [-0.25, -0.2) is 0 Å². The monoisotopic (exact) mass is 315 g/mol. The Kier molecular flexibility index (Phi) is 6.35. The molecule has 0 heterocycles. The van der Waals surface area contributed by atoms with E-state index < -0.39 is 0 Å². The summed E-state index contributed by atoms with van der Waals surface area (Å²) in [6.07, 6.45) is 2.44. The third kappa shape index (κ3) is 5.27. The maximum absolute atomic E-state index is 8.39. The molecule has 1 aromatic carbocycles. The summed E-state index contributed by atoms with van der Waals surface area (Å²) in [5.74, 6) is 1.09. The molecule has 0 spiro atoms. The summed E-state index contributed by atoms with van der Waals surface area (Å²) in [6, 6.07) is 5.84. The lowest BCUT2D eigenvalue weighted by atomic mass is 10.2. The molecule has 0 fully saturated rings. The molecule has 6 heteroatoms. The van der Waals surface area contributed by atoms with Gasteiger partial charge in [-0.2, -0.15) is 0 Å². The normalized spacial score (nSPS) is 11.3. The van der Waals surface area contributed by atoms with E-state index in [1.165, 1.54) is 0 Å². The number of nitrogens with one attached hydrogen (secondary N) is 1. The van der Waals surface area contributed by atoms with Crippen molar-refractivity contribution in [2.75, 3.05) is 19.0 Å². The highest BCUT2D eigenvalue weighted by molar-refractivity contribution is 9.10. The van der Waals surface area contributed by atoms with E-state index in [1.54, 1.807) is 7.11 Å². The fourth-order valence-electron chi connectivity index (χ4n) is 1.50. The molecule has 4 N–H and O–H groups in total. The molecule has 0 aliphatic heterocycles. The smallest absolute Gasteiger partial charge is 0.139 e. The van der Waals surface area contributed by atoms with Crippen LogP contribution in [0.1, 0.15) is 19.3 Å². The van der Waals surface area contributed by atoms with Gasteiger partial charge in [0.2, 0.25) is 0 Å². The van der Waals surface area contributed by atoms with Crippen molar-refractivity contribution in [1.29, 1.82) is 0 Å². The van der Waals surface area contributed by atoms with E-state index in [4.69, 9.17) is 15.7 Å². The van der Waals surface area contributed by atoms with E-state index in [9.17, 15) is 0 Å². The number of methoxy groups -OCH3 is 1. The van der Waals surface area contributed by atoms with E-state index >= 15 is 0 Å². The lowest BCUT2D eigenvalue weighted by molar-refractivity contribution is 0.316. The molecule has 100 valence electrons. The van der Waals surface area contributed by atoms with Crippen molar-refractivity contribution in [3.8, 4) is 5.75 Å². The number of halogens is 1. The maximum Gasteiger partial charge on any atom is 0.139 e. The Morgan fingerprint density at radius 2 is 2.22 bits per heavy atom. The number of unbranched alkanes of at least 4 members (excludes halogenated alkanes) is 1. The summed E-state index contributed by atoms with van der Waals surface area (Å²) in [6.45, 7) is 0.832. The molecular weight excluding hydrogens is 298 g/mol. The molecule has 18 heavy (non-hydrogen) atoms. The van der Waals surface area contributed by atoms with Gasteiger partial charge in [-0.3, -0.25) is 0 Å². The van der Waals surface area contributed by atoms with Crippen LogP contribution in [0.4, 0.5) is 5.69 Å². The number of nitrogens with zero attached hydrogens (tertiary/aromatic N) is 1. The van der Waals surface area contributed by atoms with Crippen LogP contribution in [0.15, 0.2) is 27.8 Å². The number of ether oxygens (including phenoxy) is 1. The van der Waals surface area contributed by atoms with Gasteiger partial charge in [-0.15, -0.1) is 0 Å². The Hall–Kier alpha value is -1.43. The van der Waals surface area contributed by atoms with Crippen LogP contribution >= 0.6 is 15.9 Å². The zero-order valence-electron chi connectivity index (χ0n) is 10.3. The molecule has 5 nitrogen and oxygen atoms in total. The molecule has 1 rings (SSSR count). The zero-order valence-corrected chi connectivity index (χ0v) is 11.9. The van der Waals surface area contributed by atoms with Gasteiger partial charge in [0.1, 0.15) is 11.6 Å². The molecule has 0 saturated heterocycles. The molecule has 0 aromatic heterocycles. The highest BCUT2D eigenvalue weighted by Gasteiger charge is 1.99. The van der Waals surface area contributed by atoms with E-state index in [1.807, 2.05) is 18.2 Å². The number of anilines is 1. The highest BCUT2D eigenvalue weighted by atomic mass is 79.9. The standard InChI is InChI=1S/C12H18BrN3O2/c1-18-11-7-9(13)6-10(8-11)15-5-3-2-4-12(14)16-17/h6-8,15,17H,2-5H2,1H3,(H2,14,16). The maximum atomic E-state index is 8.39. The molecule has 1 aromatic rings. The number of nitrogens with two attached hydrogens (primary N) is 1. The van der Waals surface area contributed by atoms with Crippen molar-refractivity contribution in [2.45, 2.75) is 19.3 Å². The van der Waals surface area contributed by atoms with Crippen LogP contribution in [0.25, 0.3) is 0 Å². The van der Waals surface area contributed by atoms with Gasteiger partial charge in [0.05, 0.1) is 7.11 Å². The van der Waals surface area contributed by atoms with E-state index in [0.717, 1.165) is 35.3 Å². The van der Waals surface area contributed by atoms with Gasteiger partial charge in [-0.1, -0.05) is 21.1 Å². The van der Waals surface area contributed by atoms with Gasteiger partial charge in [0, 0.05) is 29.2 Å². The first-order valence-electron chi connectivity index (χ1n) is 5.70. The van der Waals surface area contributed by atoms with Gasteiger partial charge in [0.25, 0.3) is 0 Å². The first-order chi connectivity index (χ1) is 8.65. The fraction of sp³-hybridized carbons (Fsp3) is 0.417. The minimum absolute atomic E-state index is 0.277. The second-order valence-corrected chi connectivity index (χ2v) is 4.77. The van der Waals surface area contributed by atoms with E-state index in [2.05, 4.69) is 26.4 Å². The largest absolute Gasteiger partial charge is 0.497 e. The summed E-state index contributed by atoms with van der Waals surface area (Å²) in [7, 11) is 1.64. The Morgan fingerprint density at radius 1 is 1.44 bits per heavy atom. The van der Waals surface area contributed by atoms with Crippen LogP contribution in [0.3, 0.4) is 0 Å². The summed E-state index contributed by atoms with van der Waals surface area (Å²) >= 11 is 3.42. The van der Waals surface area contributed by atoms with Crippen molar-refractivity contribution < 1.29 is 9.94 Å². The minimum atomic E-state index is 0.277. The Balaban J connectivity index is 2.33. The average molecular weight is 316 g/mol. The summed E-state index contributed by atoms with van der Waals surface area (Å²) in [5.41, 5.74) is 6.39. The first kappa shape index (κ1) is 14.6. The molecule has 0 amide bonds. The second kappa shape index (κ2) is 7.81. The predicted molar refractivity (Wildman–Crippen MR) is 76.4 cm³/mol. The van der Waals surface area contributed by atoms with Gasteiger partial charge < -0.3 is 21.0 Å². The average Bonchev–Trinajstić information content (AvgIpc) is 2.37. The number of benzene rings is 1. The Bertz CT molecular complexity index is 410. The van der Waals surface area contributed by atoms with Crippen molar-refractivity contribution >= 4 is 27.5 Å². The van der Waals surface area contributed by atoms with Crippen molar-refractivity contribution in [2.24, 2.45) is 10.9 Å². The van der Waals surface area contributed by atoms with E-state index in [0.29, 0.717) is 6.42 Å². The minimum Gasteiger partial charge on any atom is -0.497 e. The molecule has 0 aliphatic rings. The van der Waals surface area contributed by atoms with Crippen LogP contribution in [-0.4, -0.2) is 24.7 Å². The predicted octanol–water partition coefficient (Wildman–Crippen LogP) is 2.79. The number of hydrogen-bond donors (Lipinski definition) is 3. The number of amidine groups is 1. The lowest BCUT2D eigenvalue weighted by Crippen LogP contribution is -2.11. The molecule has 0 bridgehead atoms. The van der Waals surface area contributed by atoms with Crippen LogP contribution in [-0.2, 0) is 0 Å². The van der Waals surface area contributed by atoms with Gasteiger partial charge in [0.15, 0.2) is 0 Å². The van der Waals surface area contributed by atoms with Gasteiger partial charge >= 0.3 is 0 Å². The SMILES string of the molecule is COc1cc(Br)cc(NCCCC/C(N)=N/O)c1. The van der Waals surface area contributed by atoms with Crippen LogP contribution in [0.5, 0.6) is 5.75 Å².